The topological polar surface area (TPSA) is 33.5 Å². The molecule has 2 aromatic heterocycles. The van der Waals surface area contributed by atoms with Gasteiger partial charge in [-0.25, -0.2) is 4.98 Å². The first kappa shape index (κ1) is 41.9. The Morgan fingerprint density at radius 2 is 1.03 bits per heavy atom. The smallest absolute Gasteiger partial charge is 0.137 e. The van der Waals surface area contributed by atoms with Gasteiger partial charge in [0.1, 0.15) is 24.0 Å². The first-order valence-electron chi connectivity index (χ1n) is 22.9. The van der Waals surface area contributed by atoms with Crippen molar-refractivity contribution < 1.29 is 4.74 Å². The Balaban J connectivity index is 1.10. The fourth-order valence-corrected chi connectivity index (χ4v) is 9.62. The van der Waals surface area contributed by atoms with Crippen molar-refractivity contribution >= 4 is 44.6 Å². The highest BCUT2D eigenvalue weighted by Gasteiger charge is 2.33. The van der Waals surface area contributed by atoms with Gasteiger partial charge in [-0.05, 0) is 125 Å². The Hall–Kier alpha value is -7.11. The van der Waals surface area contributed by atoms with Crippen LogP contribution in [0.2, 0.25) is 0 Å². The molecule has 0 spiro atoms. The average Bonchev–Trinajstić information content (AvgIpc) is 3.84. The minimum atomic E-state index is -0.321. The van der Waals surface area contributed by atoms with Crippen molar-refractivity contribution in [3.8, 4) is 17.3 Å². The SMILES string of the molecule is Cc1cc2c(cc1C)N(c1cc(Oc3ccc4c5ccccc5n(-c5cc(C(C)(C)C)ccn5)c4c3)cc(C(C)(C)c3ccccc3)c1)CN2c1cccc(C(C)(C)c2ccccc2)c1. The molecule has 10 rings (SSSR count). The zero-order valence-electron chi connectivity index (χ0n) is 39.1. The molecular weight excluding hydrogens is 793 g/mol. The van der Waals surface area contributed by atoms with Gasteiger partial charge < -0.3 is 14.5 Å². The van der Waals surface area contributed by atoms with Crippen molar-refractivity contribution in [3.05, 3.63) is 215 Å². The second-order valence-corrected chi connectivity index (χ2v) is 20.0. The molecule has 5 nitrogen and oxygen atoms in total. The number of anilines is 4. The summed E-state index contributed by atoms with van der Waals surface area (Å²) >= 11 is 0. The van der Waals surface area contributed by atoms with Crippen LogP contribution in [0.4, 0.5) is 22.7 Å². The molecule has 0 radical (unpaired) electrons. The van der Waals surface area contributed by atoms with Crippen LogP contribution in [0.15, 0.2) is 176 Å². The monoisotopic (exact) mass is 850 g/mol. The molecular formula is C60H58N4O. The van der Waals surface area contributed by atoms with Crippen LogP contribution in [0.5, 0.6) is 11.5 Å². The van der Waals surface area contributed by atoms with Gasteiger partial charge in [0.05, 0.1) is 22.4 Å². The van der Waals surface area contributed by atoms with E-state index in [4.69, 9.17) is 9.72 Å². The molecule has 3 heterocycles. The number of para-hydroxylation sites is 1. The van der Waals surface area contributed by atoms with Crippen molar-refractivity contribution in [1.82, 2.24) is 9.55 Å². The van der Waals surface area contributed by atoms with E-state index in [1.54, 1.807) is 0 Å². The minimum absolute atomic E-state index is 0.0191. The van der Waals surface area contributed by atoms with Gasteiger partial charge in [-0.3, -0.25) is 4.57 Å². The number of aromatic nitrogens is 2. The Morgan fingerprint density at radius 1 is 0.446 bits per heavy atom. The van der Waals surface area contributed by atoms with Crippen LogP contribution >= 0.6 is 0 Å². The Morgan fingerprint density at radius 3 is 1.71 bits per heavy atom. The number of benzene rings is 7. The molecule has 0 saturated carbocycles. The maximum absolute atomic E-state index is 7.09. The summed E-state index contributed by atoms with van der Waals surface area (Å²) in [5.41, 5.74) is 15.0. The van der Waals surface area contributed by atoms with E-state index in [1.807, 2.05) is 6.20 Å². The maximum Gasteiger partial charge on any atom is 0.137 e. The summed E-state index contributed by atoms with van der Waals surface area (Å²) in [4.78, 5) is 9.86. The van der Waals surface area contributed by atoms with Crippen molar-refractivity contribution in [1.29, 1.82) is 0 Å². The summed E-state index contributed by atoms with van der Waals surface area (Å²) in [7, 11) is 0. The van der Waals surface area contributed by atoms with E-state index in [1.165, 1.54) is 61.4 Å². The number of aryl methyl sites for hydroxylation is 2. The predicted molar refractivity (Wildman–Crippen MR) is 272 cm³/mol. The molecule has 0 amide bonds. The summed E-state index contributed by atoms with van der Waals surface area (Å²) in [6, 6.07) is 61.7. The van der Waals surface area contributed by atoms with Crippen molar-refractivity contribution in [3.63, 3.8) is 0 Å². The molecule has 0 N–H and O–H groups in total. The number of pyridine rings is 1. The average molecular weight is 851 g/mol. The summed E-state index contributed by atoms with van der Waals surface area (Å²) < 4.78 is 9.37. The highest BCUT2D eigenvalue weighted by molar-refractivity contribution is 6.09. The third kappa shape index (κ3) is 7.53. The highest BCUT2D eigenvalue weighted by Crippen LogP contribution is 2.49. The summed E-state index contributed by atoms with van der Waals surface area (Å²) in [6.07, 6.45) is 1.93. The number of fused-ring (bicyclic) bond motifs is 4. The molecule has 0 aliphatic carbocycles. The first-order chi connectivity index (χ1) is 31.2. The number of rotatable bonds is 9. The second-order valence-electron chi connectivity index (χ2n) is 20.0. The van der Waals surface area contributed by atoms with Crippen molar-refractivity contribution in [2.24, 2.45) is 0 Å². The summed E-state index contributed by atoms with van der Waals surface area (Å²) in [5.74, 6) is 2.44. The Kier molecular flexibility index (Phi) is 10.2. The lowest BCUT2D eigenvalue weighted by Gasteiger charge is -2.30. The van der Waals surface area contributed by atoms with Gasteiger partial charge in [0, 0.05) is 51.3 Å². The molecule has 0 atom stereocenters. The maximum atomic E-state index is 7.09. The number of nitrogens with zero attached hydrogens (tertiary/aromatic N) is 4. The van der Waals surface area contributed by atoms with E-state index < -0.39 is 0 Å². The molecule has 7 aromatic carbocycles. The fourth-order valence-electron chi connectivity index (χ4n) is 9.62. The lowest BCUT2D eigenvalue weighted by Crippen LogP contribution is -2.26. The van der Waals surface area contributed by atoms with Crippen LogP contribution in [-0.2, 0) is 16.2 Å². The molecule has 1 aliphatic heterocycles. The van der Waals surface area contributed by atoms with Crippen LogP contribution in [-0.4, -0.2) is 16.2 Å². The molecule has 5 heteroatoms. The first-order valence-corrected chi connectivity index (χ1v) is 22.9. The van der Waals surface area contributed by atoms with Gasteiger partial charge >= 0.3 is 0 Å². The predicted octanol–water partition coefficient (Wildman–Crippen LogP) is 15.8. The zero-order chi connectivity index (χ0) is 45.3. The minimum Gasteiger partial charge on any atom is -0.457 e. The largest absolute Gasteiger partial charge is 0.457 e. The highest BCUT2D eigenvalue weighted by atomic mass is 16.5. The van der Waals surface area contributed by atoms with Gasteiger partial charge in [-0.2, -0.15) is 0 Å². The fraction of sp³-hybridized carbons (Fsp3) is 0.217. The molecule has 0 bridgehead atoms. The summed E-state index contributed by atoms with van der Waals surface area (Å²) in [6.45, 7) is 21.1. The van der Waals surface area contributed by atoms with E-state index in [-0.39, 0.29) is 16.2 Å². The van der Waals surface area contributed by atoms with E-state index in [9.17, 15) is 0 Å². The Bertz CT molecular complexity index is 3230. The van der Waals surface area contributed by atoms with E-state index in [2.05, 4.69) is 247 Å². The zero-order valence-corrected chi connectivity index (χ0v) is 39.1. The molecule has 65 heavy (non-hydrogen) atoms. The standard InChI is InChI=1S/C60H58N4O/c1-40-31-55-56(32-41(40)2)63(39-62(55)47-24-18-23-45(33-47)59(6,7)42-19-12-10-13-20-42)48-34-46(60(8,9)43-21-14-11-15-22-43)35-50(37-48)65-49-27-28-52-51-25-16-17-26-53(51)64(54(52)38-49)57-36-44(29-30-61-57)58(3,4)5/h10-38H,39H2,1-9H3. The normalized spacial score (nSPS) is 13.2. The van der Waals surface area contributed by atoms with Crippen molar-refractivity contribution in [2.75, 3.05) is 16.5 Å². The molecule has 0 fully saturated rings. The lowest BCUT2D eigenvalue weighted by molar-refractivity contribution is 0.480. The second kappa shape index (κ2) is 15.8. The van der Waals surface area contributed by atoms with Crippen LogP contribution in [0, 0.1) is 13.8 Å². The van der Waals surface area contributed by atoms with Crippen LogP contribution in [0.1, 0.15) is 87.4 Å². The third-order valence-electron chi connectivity index (χ3n) is 14.0. The van der Waals surface area contributed by atoms with Gasteiger partial charge in [0.15, 0.2) is 0 Å². The van der Waals surface area contributed by atoms with Gasteiger partial charge in [0.25, 0.3) is 0 Å². The number of hydrogen-bond donors (Lipinski definition) is 0. The quantitative estimate of drug-likeness (QED) is 0.145. The van der Waals surface area contributed by atoms with Crippen LogP contribution < -0.4 is 14.5 Å². The van der Waals surface area contributed by atoms with Gasteiger partial charge in [0.2, 0.25) is 0 Å². The van der Waals surface area contributed by atoms with Crippen LogP contribution in [0.25, 0.3) is 27.6 Å². The van der Waals surface area contributed by atoms with E-state index in [0.29, 0.717) is 6.67 Å². The molecule has 0 saturated heterocycles. The number of ether oxygens (including phenoxy) is 1. The molecule has 324 valence electrons. The Labute approximate surface area is 384 Å². The van der Waals surface area contributed by atoms with Crippen molar-refractivity contribution in [2.45, 2.75) is 78.6 Å². The molecule has 0 unspecified atom stereocenters. The van der Waals surface area contributed by atoms with E-state index in [0.717, 1.165) is 39.4 Å². The molecule has 9 aromatic rings. The van der Waals surface area contributed by atoms with E-state index >= 15 is 0 Å². The number of hydrogen-bond acceptors (Lipinski definition) is 4. The lowest BCUT2D eigenvalue weighted by atomic mass is 9.78. The van der Waals surface area contributed by atoms with Gasteiger partial charge in [-0.1, -0.05) is 139 Å². The summed E-state index contributed by atoms with van der Waals surface area (Å²) in [5, 5.41) is 2.34. The van der Waals surface area contributed by atoms with Crippen LogP contribution in [0.3, 0.4) is 0 Å². The third-order valence-corrected chi connectivity index (χ3v) is 14.0. The molecule has 1 aliphatic rings. The van der Waals surface area contributed by atoms with Gasteiger partial charge in [-0.15, -0.1) is 0 Å².